The highest BCUT2D eigenvalue weighted by Crippen LogP contribution is 2.27. The van der Waals surface area contributed by atoms with Crippen molar-refractivity contribution in [3.63, 3.8) is 0 Å². The van der Waals surface area contributed by atoms with Crippen molar-refractivity contribution in [3.05, 3.63) is 92.8 Å². The summed E-state index contributed by atoms with van der Waals surface area (Å²) in [6, 6.07) is 16.0. The fourth-order valence-corrected chi connectivity index (χ4v) is 4.34. The van der Waals surface area contributed by atoms with Gasteiger partial charge in [-0.15, -0.1) is 11.3 Å². The predicted octanol–water partition coefficient (Wildman–Crippen LogP) is 3.85. The van der Waals surface area contributed by atoms with Gasteiger partial charge in [0.15, 0.2) is 0 Å². The van der Waals surface area contributed by atoms with Crippen molar-refractivity contribution < 1.29 is 14.3 Å². The van der Waals surface area contributed by atoms with Crippen LogP contribution in [0.5, 0.6) is 0 Å². The van der Waals surface area contributed by atoms with E-state index in [-0.39, 0.29) is 18.0 Å². The summed E-state index contributed by atoms with van der Waals surface area (Å²) in [6.07, 6.45) is 1.46. The number of carbonyl (C=O) groups is 2. The van der Waals surface area contributed by atoms with Gasteiger partial charge in [-0.05, 0) is 42.3 Å². The van der Waals surface area contributed by atoms with Crippen LogP contribution in [0.1, 0.15) is 31.2 Å². The average molecular weight is 433 g/mol. The molecule has 0 atom stereocenters. The van der Waals surface area contributed by atoms with Gasteiger partial charge in [-0.25, -0.2) is 9.78 Å². The largest absolute Gasteiger partial charge is 0.465 e. The lowest BCUT2D eigenvalue weighted by Crippen LogP contribution is -2.21. The maximum absolute atomic E-state index is 13.1. The highest BCUT2D eigenvalue weighted by atomic mass is 32.1. The molecule has 0 aliphatic carbocycles. The normalized spacial score (nSPS) is 10.8. The molecule has 8 heteroatoms. The Morgan fingerprint density at radius 2 is 1.90 bits per heavy atom. The van der Waals surface area contributed by atoms with Crippen LogP contribution in [-0.4, -0.2) is 28.5 Å². The van der Waals surface area contributed by atoms with E-state index in [1.807, 2.05) is 24.3 Å². The Labute approximate surface area is 181 Å². The topological polar surface area (TPSA) is 90.3 Å². The summed E-state index contributed by atoms with van der Waals surface area (Å²) in [5, 5.41) is 3.27. The molecular formula is C23H19N3O4S. The molecule has 0 spiro atoms. The molecule has 0 aliphatic heterocycles. The number of para-hydroxylation sites is 1. The molecule has 2 aromatic heterocycles. The fourth-order valence-electron chi connectivity index (χ4n) is 3.31. The SMILES string of the molecule is COC(=O)c1cccc(Cn2cnc3sc(C(=O)Nc4ccccc4)c(C)c3c2=O)c1. The van der Waals surface area contributed by atoms with Crippen molar-refractivity contribution in [1.29, 1.82) is 0 Å². The van der Waals surface area contributed by atoms with Crippen molar-refractivity contribution in [3.8, 4) is 0 Å². The Kier molecular flexibility index (Phi) is 5.64. The number of nitrogens with zero attached hydrogens (tertiary/aromatic N) is 2. The number of fused-ring (bicyclic) bond motifs is 1. The standard InChI is InChI=1S/C23H19N3O4S/c1-14-18-21(31-19(14)20(27)25-17-9-4-3-5-10-17)24-13-26(22(18)28)12-15-7-6-8-16(11-15)23(29)30-2/h3-11,13H,12H2,1-2H3,(H,25,27). The molecule has 0 radical (unpaired) electrons. The van der Waals surface area contributed by atoms with Crippen LogP contribution in [0.3, 0.4) is 0 Å². The number of benzene rings is 2. The smallest absolute Gasteiger partial charge is 0.337 e. The van der Waals surface area contributed by atoms with Gasteiger partial charge in [0.25, 0.3) is 11.5 Å². The summed E-state index contributed by atoms with van der Waals surface area (Å²) in [5.74, 6) is -0.714. The van der Waals surface area contributed by atoms with Crippen LogP contribution >= 0.6 is 11.3 Å². The molecule has 4 aromatic rings. The summed E-state index contributed by atoms with van der Waals surface area (Å²) < 4.78 is 6.22. The van der Waals surface area contributed by atoms with Crippen molar-refractivity contribution in [2.24, 2.45) is 0 Å². The van der Waals surface area contributed by atoms with Crippen molar-refractivity contribution in [2.75, 3.05) is 12.4 Å². The second-order valence-electron chi connectivity index (χ2n) is 6.93. The number of hydrogen-bond acceptors (Lipinski definition) is 6. The van der Waals surface area contributed by atoms with Gasteiger partial charge in [-0.1, -0.05) is 30.3 Å². The second kappa shape index (κ2) is 8.53. The van der Waals surface area contributed by atoms with Crippen LogP contribution in [0.2, 0.25) is 0 Å². The minimum atomic E-state index is -0.439. The summed E-state index contributed by atoms with van der Waals surface area (Å²) in [6.45, 7) is 2.00. The summed E-state index contributed by atoms with van der Waals surface area (Å²) >= 11 is 1.19. The van der Waals surface area contributed by atoms with Gasteiger partial charge in [0.1, 0.15) is 4.83 Å². The van der Waals surface area contributed by atoms with Gasteiger partial charge in [-0.2, -0.15) is 0 Å². The molecule has 0 saturated carbocycles. The van der Waals surface area contributed by atoms with Crippen LogP contribution < -0.4 is 10.9 Å². The number of amides is 1. The lowest BCUT2D eigenvalue weighted by molar-refractivity contribution is 0.0600. The number of rotatable bonds is 5. The Morgan fingerprint density at radius 3 is 2.65 bits per heavy atom. The molecule has 0 saturated heterocycles. The molecule has 4 rings (SSSR count). The van der Waals surface area contributed by atoms with Crippen LogP contribution in [0.25, 0.3) is 10.2 Å². The van der Waals surface area contributed by atoms with Crippen LogP contribution in [0.15, 0.2) is 65.7 Å². The van der Waals surface area contributed by atoms with E-state index in [0.717, 1.165) is 5.56 Å². The van der Waals surface area contributed by atoms with Gasteiger partial charge in [-0.3, -0.25) is 14.2 Å². The van der Waals surface area contributed by atoms with E-state index in [0.29, 0.717) is 31.9 Å². The lowest BCUT2D eigenvalue weighted by atomic mass is 10.1. The highest BCUT2D eigenvalue weighted by Gasteiger charge is 2.20. The molecule has 1 N–H and O–H groups in total. The molecule has 156 valence electrons. The summed E-state index contributed by atoms with van der Waals surface area (Å²) in [7, 11) is 1.32. The first-order chi connectivity index (χ1) is 15.0. The van der Waals surface area contributed by atoms with E-state index in [1.165, 1.54) is 29.3 Å². The maximum atomic E-state index is 13.1. The van der Waals surface area contributed by atoms with E-state index in [9.17, 15) is 14.4 Å². The lowest BCUT2D eigenvalue weighted by Gasteiger charge is -2.07. The Bertz CT molecular complexity index is 1340. The van der Waals surface area contributed by atoms with E-state index in [2.05, 4.69) is 10.3 Å². The molecule has 0 fully saturated rings. The molecule has 2 heterocycles. The number of hydrogen-bond donors (Lipinski definition) is 1. The second-order valence-corrected chi connectivity index (χ2v) is 7.93. The number of aryl methyl sites for hydroxylation is 1. The molecule has 0 bridgehead atoms. The number of nitrogens with one attached hydrogen (secondary N) is 1. The van der Waals surface area contributed by atoms with Crippen molar-refractivity contribution >= 4 is 39.1 Å². The van der Waals surface area contributed by atoms with Crippen LogP contribution in [0.4, 0.5) is 5.69 Å². The van der Waals surface area contributed by atoms with Crippen LogP contribution in [-0.2, 0) is 11.3 Å². The number of thiophene rings is 1. The van der Waals surface area contributed by atoms with E-state index >= 15 is 0 Å². The zero-order valence-corrected chi connectivity index (χ0v) is 17.7. The van der Waals surface area contributed by atoms with Gasteiger partial charge in [0, 0.05) is 5.69 Å². The highest BCUT2D eigenvalue weighted by molar-refractivity contribution is 7.20. The van der Waals surface area contributed by atoms with E-state index < -0.39 is 5.97 Å². The molecule has 1 amide bonds. The number of carbonyl (C=O) groups excluding carboxylic acids is 2. The number of esters is 1. The molecule has 31 heavy (non-hydrogen) atoms. The minimum Gasteiger partial charge on any atom is -0.465 e. The molecular weight excluding hydrogens is 414 g/mol. The maximum Gasteiger partial charge on any atom is 0.337 e. The average Bonchev–Trinajstić information content (AvgIpc) is 3.13. The quantitative estimate of drug-likeness (QED) is 0.483. The monoisotopic (exact) mass is 433 g/mol. The van der Waals surface area contributed by atoms with Gasteiger partial charge >= 0.3 is 5.97 Å². The van der Waals surface area contributed by atoms with Gasteiger partial charge < -0.3 is 10.1 Å². The molecule has 0 aliphatic rings. The summed E-state index contributed by atoms with van der Waals surface area (Å²) in [4.78, 5) is 43.0. The minimum absolute atomic E-state index is 0.235. The number of anilines is 1. The first kappa shape index (κ1) is 20.5. The number of ether oxygens (including phenoxy) is 1. The Balaban J connectivity index is 1.67. The van der Waals surface area contributed by atoms with Crippen LogP contribution in [0, 0.1) is 6.92 Å². The zero-order valence-electron chi connectivity index (χ0n) is 16.9. The molecule has 0 unspecified atom stereocenters. The third-order valence-electron chi connectivity index (χ3n) is 4.86. The summed E-state index contributed by atoms with van der Waals surface area (Å²) in [5.41, 5.74) is 2.22. The van der Waals surface area contributed by atoms with E-state index in [1.54, 1.807) is 37.3 Å². The van der Waals surface area contributed by atoms with Crippen molar-refractivity contribution in [1.82, 2.24) is 9.55 Å². The fraction of sp³-hybridized carbons (Fsp3) is 0.130. The Hall–Kier alpha value is -3.78. The predicted molar refractivity (Wildman–Crippen MR) is 120 cm³/mol. The third-order valence-corrected chi connectivity index (χ3v) is 6.05. The number of aromatic nitrogens is 2. The Morgan fingerprint density at radius 1 is 1.13 bits per heavy atom. The zero-order chi connectivity index (χ0) is 22.0. The third kappa shape index (κ3) is 4.10. The first-order valence-electron chi connectivity index (χ1n) is 9.50. The molecule has 7 nitrogen and oxygen atoms in total. The van der Waals surface area contributed by atoms with Gasteiger partial charge in [0.2, 0.25) is 0 Å². The van der Waals surface area contributed by atoms with Crippen molar-refractivity contribution in [2.45, 2.75) is 13.5 Å². The first-order valence-corrected chi connectivity index (χ1v) is 10.3. The number of methoxy groups -OCH3 is 1. The van der Waals surface area contributed by atoms with Gasteiger partial charge in [0.05, 0.1) is 35.8 Å². The van der Waals surface area contributed by atoms with E-state index in [4.69, 9.17) is 4.74 Å². The molecule has 2 aromatic carbocycles.